The van der Waals surface area contributed by atoms with Gasteiger partial charge in [-0.3, -0.25) is 4.79 Å². The molecule has 2 heterocycles. The van der Waals surface area contributed by atoms with E-state index in [2.05, 4.69) is 0 Å². The Balaban J connectivity index is 0.00000112. The summed E-state index contributed by atoms with van der Waals surface area (Å²) in [5, 5.41) is 0. The van der Waals surface area contributed by atoms with Crippen molar-refractivity contribution in [2.45, 2.75) is 38.4 Å². The van der Waals surface area contributed by atoms with Crippen LogP contribution in [0.3, 0.4) is 0 Å². The van der Waals surface area contributed by atoms with E-state index in [1.54, 1.807) is 0 Å². The molecular weight excluding hydrogens is 218 g/mol. The molecule has 2 aliphatic heterocycles. The van der Waals surface area contributed by atoms with Crippen molar-refractivity contribution in [2.24, 2.45) is 11.1 Å². The molecule has 0 aromatic rings. The van der Waals surface area contributed by atoms with E-state index in [0.717, 1.165) is 12.8 Å². The Kier molecular flexibility index (Phi) is 3.33. The molecule has 88 valence electrons. The van der Waals surface area contributed by atoms with Gasteiger partial charge >= 0.3 is 5.97 Å². The van der Waals surface area contributed by atoms with Crippen LogP contribution in [0, 0.1) is 5.41 Å². The monoisotopic (exact) mass is 235 g/mol. The Hall–Kier alpha value is -0.320. The van der Waals surface area contributed by atoms with Gasteiger partial charge in [0.15, 0.2) is 0 Å². The van der Waals surface area contributed by atoms with Gasteiger partial charge in [-0.2, -0.15) is 0 Å². The number of nitrogens with two attached hydrogens (primary N) is 1. The second kappa shape index (κ2) is 3.92. The third-order valence-corrected chi connectivity index (χ3v) is 3.32. The summed E-state index contributed by atoms with van der Waals surface area (Å²) in [4.78, 5) is 11.8. The van der Waals surface area contributed by atoms with Crippen molar-refractivity contribution >= 4 is 18.4 Å². The average Bonchev–Trinajstić information content (AvgIpc) is 2.53. The summed E-state index contributed by atoms with van der Waals surface area (Å²) in [6.45, 7) is 4.67. The molecule has 2 N–H and O–H groups in total. The van der Waals surface area contributed by atoms with Crippen LogP contribution in [0.5, 0.6) is 0 Å². The Morgan fingerprint density at radius 1 is 1.60 bits per heavy atom. The Morgan fingerprint density at radius 3 is 2.67 bits per heavy atom. The van der Waals surface area contributed by atoms with Crippen molar-refractivity contribution in [1.82, 2.24) is 0 Å². The molecule has 1 atom stereocenters. The third kappa shape index (κ3) is 1.65. The fourth-order valence-electron chi connectivity index (χ4n) is 2.87. The van der Waals surface area contributed by atoms with Crippen molar-refractivity contribution in [3.05, 3.63) is 0 Å². The van der Waals surface area contributed by atoms with Gasteiger partial charge in [0, 0.05) is 6.54 Å². The Morgan fingerprint density at radius 2 is 2.20 bits per heavy atom. The summed E-state index contributed by atoms with van der Waals surface area (Å²) in [7, 11) is 0. The third-order valence-electron chi connectivity index (χ3n) is 3.32. The number of rotatable bonds is 3. The zero-order chi connectivity index (χ0) is 10.4. The molecule has 3 rings (SSSR count). The first kappa shape index (κ1) is 12.7. The molecule has 0 aromatic carbocycles. The van der Waals surface area contributed by atoms with Crippen molar-refractivity contribution in [3.8, 4) is 0 Å². The number of esters is 1. The SMILES string of the molecule is CCOC(=O)C12CC(C)(C1)OC2CN.Cl. The molecule has 3 aliphatic rings. The van der Waals surface area contributed by atoms with E-state index < -0.39 is 5.41 Å². The van der Waals surface area contributed by atoms with Crippen LogP contribution in [0.15, 0.2) is 0 Å². The number of fused-ring (bicyclic) bond motifs is 1. The zero-order valence-electron chi connectivity index (χ0n) is 9.12. The molecule has 3 fully saturated rings. The molecule has 1 aliphatic carbocycles. The van der Waals surface area contributed by atoms with Gasteiger partial charge in [0.1, 0.15) is 5.41 Å². The molecule has 0 spiro atoms. The molecule has 15 heavy (non-hydrogen) atoms. The lowest BCUT2D eigenvalue weighted by atomic mass is 9.60. The first-order valence-corrected chi connectivity index (χ1v) is 5.11. The predicted octanol–water partition coefficient (Wildman–Crippen LogP) is 0.868. The molecular formula is C10H18ClNO3. The van der Waals surface area contributed by atoms with Crippen LogP contribution in [-0.4, -0.2) is 30.8 Å². The summed E-state index contributed by atoms with van der Waals surface area (Å²) >= 11 is 0. The number of carbonyl (C=O) groups is 1. The van der Waals surface area contributed by atoms with Gasteiger partial charge < -0.3 is 15.2 Å². The smallest absolute Gasteiger partial charge is 0.314 e. The largest absolute Gasteiger partial charge is 0.465 e. The lowest BCUT2D eigenvalue weighted by Crippen LogP contribution is -2.50. The number of hydrogen-bond donors (Lipinski definition) is 1. The summed E-state index contributed by atoms with van der Waals surface area (Å²) in [6, 6.07) is 0. The molecule has 2 saturated heterocycles. The van der Waals surface area contributed by atoms with Gasteiger partial charge in [-0.1, -0.05) is 0 Å². The first-order valence-electron chi connectivity index (χ1n) is 5.11. The lowest BCUT2D eigenvalue weighted by molar-refractivity contribution is -0.161. The van der Waals surface area contributed by atoms with Crippen LogP contribution in [0.1, 0.15) is 26.7 Å². The highest BCUT2D eigenvalue weighted by Crippen LogP contribution is 2.61. The normalized spacial score (nSPS) is 41.7. The summed E-state index contributed by atoms with van der Waals surface area (Å²) in [5.41, 5.74) is 5.04. The van der Waals surface area contributed by atoms with E-state index in [-0.39, 0.29) is 30.1 Å². The van der Waals surface area contributed by atoms with Crippen LogP contribution >= 0.6 is 12.4 Å². The van der Waals surface area contributed by atoms with Crippen molar-refractivity contribution in [2.75, 3.05) is 13.2 Å². The van der Waals surface area contributed by atoms with Gasteiger partial charge in [0.05, 0.1) is 18.3 Å². The molecule has 4 nitrogen and oxygen atoms in total. The van der Waals surface area contributed by atoms with Crippen LogP contribution < -0.4 is 5.73 Å². The topological polar surface area (TPSA) is 61.5 Å². The summed E-state index contributed by atoms with van der Waals surface area (Å²) in [6.07, 6.45) is 1.38. The minimum atomic E-state index is -0.431. The Bertz CT molecular complexity index is 263. The van der Waals surface area contributed by atoms with E-state index in [4.69, 9.17) is 15.2 Å². The molecule has 0 radical (unpaired) electrons. The van der Waals surface area contributed by atoms with Crippen molar-refractivity contribution < 1.29 is 14.3 Å². The highest BCUT2D eigenvalue weighted by atomic mass is 35.5. The molecule has 5 heteroatoms. The quantitative estimate of drug-likeness (QED) is 0.738. The summed E-state index contributed by atoms with van der Waals surface area (Å²) < 4.78 is 10.8. The fourth-order valence-corrected chi connectivity index (χ4v) is 2.87. The van der Waals surface area contributed by atoms with Crippen LogP contribution in [-0.2, 0) is 14.3 Å². The minimum absolute atomic E-state index is 0. The lowest BCUT2D eigenvalue weighted by Gasteiger charge is -2.40. The van der Waals surface area contributed by atoms with Crippen LogP contribution in [0.25, 0.3) is 0 Å². The first-order chi connectivity index (χ1) is 6.56. The van der Waals surface area contributed by atoms with Gasteiger partial charge in [-0.05, 0) is 26.7 Å². The maximum absolute atomic E-state index is 11.8. The maximum Gasteiger partial charge on any atom is 0.314 e. The van der Waals surface area contributed by atoms with Crippen LogP contribution in [0.2, 0.25) is 0 Å². The standard InChI is InChI=1S/C10H17NO3.ClH/c1-3-13-8(12)10-5-9(2,6-10)14-7(10)4-11;/h7H,3-6,11H2,1-2H3;1H. The van der Waals surface area contributed by atoms with E-state index >= 15 is 0 Å². The number of carbonyl (C=O) groups excluding carboxylic acids is 1. The highest BCUT2D eigenvalue weighted by molar-refractivity contribution is 5.85. The van der Waals surface area contributed by atoms with E-state index in [9.17, 15) is 4.79 Å². The zero-order valence-corrected chi connectivity index (χ0v) is 9.93. The van der Waals surface area contributed by atoms with Crippen LogP contribution in [0.4, 0.5) is 0 Å². The highest BCUT2D eigenvalue weighted by Gasteiger charge is 2.69. The molecule has 0 amide bonds. The summed E-state index contributed by atoms with van der Waals surface area (Å²) in [5.74, 6) is -0.134. The number of halogens is 1. The van der Waals surface area contributed by atoms with E-state index in [0.29, 0.717) is 13.2 Å². The van der Waals surface area contributed by atoms with Gasteiger partial charge in [-0.15, -0.1) is 12.4 Å². The van der Waals surface area contributed by atoms with Crippen molar-refractivity contribution in [1.29, 1.82) is 0 Å². The van der Waals surface area contributed by atoms with Gasteiger partial charge in [0.25, 0.3) is 0 Å². The second-order valence-electron chi connectivity index (χ2n) is 4.52. The molecule has 2 bridgehead atoms. The second-order valence-corrected chi connectivity index (χ2v) is 4.52. The fraction of sp³-hybridized carbons (Fsp3) is 0.900. The molecule has 1 unspecified atom stereocenters. The van der Waals surface area contributed by atoms with E-state index in [1.165, 1.54) is 0 Å². The average molecular weight is 236 g/mol. The number of hydrogen-bond acceptors (Lipinski definition) is 4. The maximum atomic E-state index is 11.8. The number of ether oxygens (including phenoxy) is 2. The minimum Gasteiger partial charge on any atom is -0.465 e. The van der Waals surface area contributed by atoms with Crippen molar-refractivity contribution in [3.63, 3.8) is 0 Å². The van der Waals surface area contributed by atoms with E-state index in [1.807, 2.05) is 13.8 Å². The Labute approximate surface area is 95.9 Å². The molecule has 1 saturated carbocycles. The molecule has 0 aromatic heterocycles. The predicted molar refractivity (Wildman–Crippen MR) is 57.9 cm³/mol. The van der Waals surface area contributed by atoms with Gasteiger partial charge in [-0.25, -0.2) is 0 Å². The van der Waals surface area contributed by atoms with Gasteiger partial charge in [0.2, 0.25) is 0 Å².